The van der Waals surface area contributed by atoms with Crippen LogP contribution >= 0.6 is 0 Å². The number of aliphatic hydroxyl groups excluding tert-OH is 1. The summed E-state index contributed by atoms with van der Waals surface area (Å²) in [5.41, 5.74) is 1.57. The molecule has 11 heavy (non-hydrogen) atoms. The molecule has 0 saturated carbocycles. The first-order valence-corrected chi connectivity index (χ1v) is 3.46. The average Bonchev–Trinajstić information content (AvgIpc) is 2.30. The van der Waals surface area contributed by atoms with E-state index in [4.69, 9.17) is 5.11 Å². The quantitative estimate of drug-likeness (QED) is 0.598. The van der Waals surface area contributed by atoms with E-state index >= 15 is 0 Å². The van der Waals surface area contributed by atoms with E-state index in [1.807, 2.05) is 12.1 Å². The van der Waals surface area contributed by atoms with Gasteiger partial charge < -0.3 is 5.11 Å². The zero-order valence-corrected chi connectivity index (χ0v) is 5.87. The maximum atomic E-state index is 11.1. The van der Waals surface area contributed by atoms with Gasteiger partial charge in [0.2, 0.25) is 5.76 Å². The summed E-state index contributed by atoms with van der Waals surface area (Å²) in [6.45, 7) is 0. The van der Waals surface area contributed by atoms with Crippen LogP contribution < -0.4 is 0 Å². The Balaban J connectivity index is 2.60. The van der Waals surface area contributed by atoms with Crippen molar-refractivity contribution in [3.05, 3.63) is 41.2 Å². The number of rotatable bonds is 0. The first kappa shape index (κ1) is 6.28. The summed E-state index contributed by atoms with van der Waals surface area (Å²) < 4.78 is 0. The van der Waals surface area contributed by atoms with Gasteiger partial charge in [-0.25, -0.2) is 0 Å². The van der Waals surface area contributed by atoms with Gasteiger partial charge in [-0.2, -0.15) is 0 Å². The maximum Gasteiger partial charge on any atom is 0.223 e. The molecule has 2 heteroatoms. The Labute approximate surface area is 64.4 Å². The predicted molar refractivity (Wildman–Crippen MR) is 40.4 cm³/mol. The lowest BCUT2D eigenvalue weighted by molar-refractivity contribution is 0.336. The summed E-state index contributed by atoms with van der Waals surface area (Å²) in [5.74, 6) is -0.258. The van der Waals surface area contributed by atoms with Gasteiger partial charge in [0, 0.05) is 12.0 Å². The molecule has 0 saturated heterocycles. The average molecular weight is 147 g/mol. The van der Waals surface area contributed by atoms with E-state index in [1.165, 1.54) is 0 Å². The van der Waals surface area contributed by atoms with Crippen molar-refractivity contribution in [3.8, 4) is 0 Å². The Bertz CT molecular complexity index is 326. The highest BCUT2D eigenvalue weighted by atomic mass is 16.3. The molecule has 1 aliphatic carbocycles. The SMILES string of the molecule is [O]C1=C(O)Cc2ccccc21. The third-order valence-electron chi connectivity index (χ3n) is 1.88. The molecule has 2 rings (SSSR count). The Kier molecular flexibility index (Phi) is 1.15. The first-order chi connectivity index (χ1) is 5.29. The van der Waals surface area contributed by atoms with E-state index in [1.54, 1.807) is 12.1 Å². The molecule has 0 amide bonds. The molecule has 0 aliphatic heterocycles. The van der Waals surface area contributed by atoms with Gasteiger partial charge >= 0.3 is 0 Å². The molecular formula is C9H7O2. The minimum Gasteiger partial charge on any atom is -0.508 e. The topological polar surface area (TPSA) is 40.1 Å². The lowest BCUT2D eigenvalue weighted by Gasteiger charge is -1.93. The van der Waals surface area contributed by atoms with Crippen molar-refractivity contribution in [1.82, 2.24) is 0 Å². The van der Waals surface area contributed by atoms with Gasteiger partial charge in [0.05, 0.1) is 0 Å². The second kappa shape index (κ2) is 2.02. The molecule has 0 unspecified atom stereocenters. The normalized spacial score (nSPS) is 15.3. The van der Waals surface area contributed by atoms with E-state index in [-0.39, 0.29) is 11.5 Å². The fraction of sp³-hybridized carbons (Fsp3) is 0.111. The molecule has 2 nitrogen and oxygen atoms in total. The van der Waals surface area contributed by atoms with Gasteiger partial charge in [-0.1, -0.05) is 24.3 Å². The first-order valence-electron chi connectivity index (χ1n) is 3.46. The molecule has 0 heterocycles. The van der Waals surface area contributed by atoms with E-state index in [0.29, 0.717) is 12.0 Å². The summed E-state index contributed by atoms with van der Waals surface area (Å²) in [6, 6.07) is 7.26. The van der Waals surface area contributed by atoms with Gasteiger partial charge in [0.25, 0.3) is 0 Å². The van der Waals surface area contributed by atoms with Crippen molar-refractivity contribution in [2.45, 2.75) is 6.42 Å². The van der Waals surface area contributed by atoms with Crippen molar-refractivity contribution in [2.75, 3.05) is 0 Å². The minimum absolute atomic E-state index is 0.0359. The van der Waals surface area contributed by atoms with Gasteiger partial charge in [-0.3, -0.25) is 5.11 Å². The number of hydrogen-bond acceptors (Lipinski definition) is 1. The van der Waals surface area contributed by atoms with Gasteiger partial charge in [0.15, 0.2) is 0 Å². The molecule has 1 N–H and O–H groups in total. The number of allylic oxidation sites excluding steroid dienone is 1. The highest BCUT2D eigenvalue weighted by molar-refractivity contribution is 5.68. The van der Waals surface area contributed by atoms with Crippen LogP contribution in [-0.2, 0) is 11.5 Å². The summed E-state index contributed by atoms with van der Waals surface area (Å²) in [5, 5.41) is 20.2. The monoisotopic (exact) mass is 147 g/mol. The molecule has 1 aromatic carbocycles. The summed E-state index contributed by atoms with van der Waals surface area (Å²) in [4.78, 5) is 0. The third-order valence-corrected chi connectivity index (χ3v) is 1.88. The molecule has 0 spiro atoms. The summed E-state index contributed by atoms with van der Waals surface area (Å²) in [6.07, 6.45) is 0.398. The predicted octanol–water partition coefficient (Wildman–Crippen LogP) is 1.90. The number of aliphatic hydroxyl groups is 1. The van der Waals surface area contributed by atoms with Crippen LogP contribution in [0.25, 0.3) is 5.76 Å². The Hall–Kier alpha value is -1.44. The molecule has 1 radical (unpaired) electrons. The second-order valence-corrected chi connectivity index (χ2v) is 2.61. The molecule has 1 aromatic rings. The maximum absolute atomic E-state index is 11.1. The smallest absolute Gasteiger partial charge is 0.223 e. The van der Waals surface area contributed by atoms with Crippen LogP contribution in [0.1, 0.15) is 11.1 Å². The molecule has 1 aliphatic rings. The van der Waals surface area contributed by atoms with Crippen LogP contribution in [0.5, 0.6) is 0 Å². The highest BCUT2D eigenvalue weighted by Gasteiger charge is 2.21. The Morgan fingerprint density at radius 1 is 1.27 bits per heavy atom. The Morgan fingerprint density at radius 2 is 2.00 bits per heavy atom. The van der Waals surface area contributed by atoms with Crippen molar-refractivity contribution in [1.29, 1.82) is 0 Å². The van der Waals surface area contributed by atoms with Crippen LogP contribution in [0.4, 0.5) is 0 Å². The van der Waals surface area contributed by atoms with Crippen LogP contribution in [0.15, 0.2) is 30.0 Å². The fourth-order valence-electron chi connectivity index (χ4n) is 1.31. The Morgan fingerprint density at radius 3 is 2.73 bits per heavy atom. The largest absolute Gasteiger partial charge is 0.508 e. The van der Waals surface area contributed by atoms with Gasteiger partial charge in [-0.05, 0) is 5.56 Å². The van der Waals surface area contributed by atoms with Crippen molar-refractivity contribution < 1.29 is 10.2 Å². The highest BCUT2D eigenvalue weighted by Crippen LogP contribution is 2.29. The molecule has 0 fully saturated rings. The summed E-state index contributed by atoms with van der Waals surface area (Å²) in [7, 11) is 0. The third kappa shape index (κ3) is 0.792. The number of fused-ring (bicyclic) bond motifs is 1. The molecule has 0 bridgehead atoms. The van der Waals surface area contributed by atoms with Gasteiger partial charge in [0.1, 0.15) is 5.76 Å². The standard InChI is InChI=1S/C9H7O2/c10-8-5-6-3-1-2-4-7(6)9(8)11/h1-4,10H,5H2. The zero-order chi connectivity index (χ0) is 7.84. The van der Waals surface area contributed by atoms with Crippen molar-refractivity contribution in [2.24, 2.45) is 0 Å². The fourth-order valence-corrected chi connectivity index (χ4v) is 1.31. The van der Waals surface area contributed by atoms with Crippen molar-refractivity contribution >= 4 is 5.76 Å². The van der Waals surface area contributed by atoms with Gasteiger partial charge in [-0.15, -0.1) is 0 Å². The van der Waals surface area contributed by atoms with E-state index in [0.717, 1.165) is 5.56 Å². The van der Waals surface area contributed by atoms with E-state index in [9.17, 15) is 5.11 Å². The van der Waals surface area contributed by atoms with E-state index in [2.05, 4.69) is 0 Å². The molecule has 0 atom stereocenters. The zero-order valence-electron chi connectivity index (χ0n) is 5.87. The molecule has 0 aromatic heterocycles. The van der Waals surface area contributed by atoms with Crippen LogP contribution in [0.3, 0.4) is 0 Å². The number of hydrogen-bond donors (Lipinski definition) is 1. The van der Waals surface area contributed by atoms with Crippen molar-refractivity contribution in [3.63, 3.8) is 0 Å². The molecule has 55 valence electrons. The second-order valence-electron chi connectivity index (χ2n) is 2.61. The minimum atomic E-state index is -0.222. The van der Waals surface area contributed by atoms with E-state index < -0.39 is 0 Å². The van der Waals surface area contributed by atoms with Crippen LogP contribution in [0.2, 0.25) is 0 Å². The number of benzene rings is 1. The molecular weight excluding hydrogens is 140 g/mol. The van der Waals surface area contributed by atoms with Crippen LogP contribution in [0, 0.1) is 0 Å². The summed E-state index contributed by atoms with van der Waals surface area (Å²) >= 11 is 0. The lowest BCUT2D eigenvalue weighted by Crippen LogP contribution is -1.81. The van der Waals surface area contributed by atoms with Crippen LogP contribution in [-0.4, -0.2) is 5.11 Å². The lowest BCUT2D eigenvalue weighted by atomic mass is 10.1.